The third-order valence-corrected chi connectivity index (χ3v) is 4.16. The lowest BCUT2D eigenvalue weighted by Crippen LogP contribution is -2.48. The number of nitrogens with two attached hydrogens (primary N) is 1. The molecule has 1 saturated heterocycles. The number of halogens is 1. The van der Waals surface area contributed by atoms with Crippen LogP contribution in [0.2, 0.25) is 0 Å². The molecule has 1 aromatic rings. The number of nitrogens with zero attached hydrogens (tertiary/aromatic N) is 1. The molecule has 1 heterocycles. The lowest BCUT2D eigenvalue weighted by Gasteiger charge is -2.36. The van der Waals surface area contributed by atoms with Gasteiger partial charge in [0, 0.05) is 16.6 Å². The molecule has 1 aliphatic heterocycles. The molecular weight excluding hydrogens is 276 g/mol. The summed E-state index contributed by atoms with van der Waals surface area (Å²) in [5.74, 6) is 0. The Morgan fingerprint density at radius 1 is 1.24 bits per heavy atom. The summed E-state index contributed by atoms with van der Waals surface area (Å²) >= 11 is 3.46. The van der Waals surface area contributed by atoms with E-state index in [4.69, 9.17) is 5.73 Å². The minimum Gasteiger partial charge on any atom is -0.325 e. The van der Waals surface area contributed by atoms with E-state index in [-0.39, 0.29) is 5.54 Å². The minimum absolute atomic E-state index is 0.0636. The van der Waals surface area contributed by atoms with Gasteiger partial charge in [0.15, 0.2) is 0 Å². The van der Waals surface area contributed by atoms with Crippen LogP contribution in [0.15, 0.2) is 28.7 Å². The average molecular weight is 297 g/mol. The molecule has 2 N–H and O–H groups in total. The van der Waals surface area contributed by atoms with Gasteiger partial charge < -0.3 is 10.6 Å². The first-order valence-electron chi connectivity index (χ1n) is 6.31. The van der Waals surface area contributed by atoms with Crippen LogP contribution in [-0.4, -0.2) is 30.1 Å². The van der Waals surface area contributed by atoms with Crippen molar-refractivity contribution in [2.75, 3.05) is 19.6 Å². The Morgan fingerprint density at radius 2 is 1.82 bits per heavy atom. The van der Waals surface area contributed by atoms with Crippen LogP contribution in [-0.2, 0) is 6.42 Å². The van der Waals surface area contributed by atoms with Crippen molar-refractivity contribution in [3.8, 4) is 0 Å². The second-order valence-electron chi connectivity index (χ2n) is 5.37. The summed E-state index contributed by atoms with van der Waals surface area (Å²) in [6, 6.07) is 8.62. The Hall–Kier alpha value is -0.380. The van der Waals surface area contributed by atoms with Gasteiger partial charge in [-0.15, -0.1) is 0 Å². The van der Waals surface area contributed by atoms with Crippen molar-refractivity contribution in [3.05, 3.63) is 34.3 Å². The SMILES string of the molecule is CC1(N)CCN(CCc2ccc(Br)cc2)CC1. The molecule has 17 heavy (non-hydrogen) atoms. The van der Waals surface area contributed by atoms with Crippen molar-refractivity contribution >= 4 is 15.9 Å². The maximum absolute atomic E-state index is 6.13. The second-order valence-corrected chi connectivity index (χ2v) is 6.29. The highest BCUT2D eigenvalue weighted by Crippen LogP contribution is 2.19. The molecule has 0 atom stereocenters. The molecule has 1 aliphatic rings. The number of hydrogen-bond acceptors (Lipinski definition) is 2. The smallest absolute Gasteiger partial charge is 0.0175 e. The van der Waals surface area contributed by atoms with Gasteiger partial charge in [-0.1, -0.05) is 28.1 Å². The predicted molar refractivity (Wildman–Crippen MR) is 76.1 cm³/mol. The molecule has 2 rings (SSSR count). The van der Waals surface area contributed by atoms with Gasteiger partial charge in [0.25, 0.3) is 0 Å². The van der Waals surface area contributed by atoms with Gasteiger partial charge in [0.1, 0.15) is 0 Å². The summed E-state index contributed by atoms with van der Waals surface area (Å²) in [5, 5.41) is 0. The fourth-order valence-corrected chi connectivity index (χ4v) is 2.49. The van der Waals surface area contributed by atoms with E-state index in [2.05, 4.69) is 52.0 Å². The molecule has 94 valence electrons. The van der Waals surface area contributed by atoms with E-state index >= 15 is 0 Å². The van der Waals surface area contributed by atoms with Gasteiger partial charge in [0.05, 0.1) is 0 Å². The van der Waals surface area contributed by atoms with E-state index < -0.39 is 0 Å². The fraction of sp³-hybridized carbons (Fsp3) is 0.571. The first-order chi connectivity index (χ1) is 8.05. The maximum Gasteiger partial charge on any atom is 0.0175 e. The Labute approximate surface area is 112 Å². The Balaban J connectivity index is 1.78. The van der Waals surface area contributed by atoms with Crippen LogP contribution in [0.3, 0.4) is 0 Å². The number of hydrogen-bond donors (Lipinski definition) is 1. The van der Waals surface area contributed by atoms with Crippen LogP contribution in [0.4, 0.5) is 0 Å². The van der Waals surface area contributed by atoms with Gasteiger partial charge in [0.2, 0.25) is 0 Å². The van der Waals surface area contributed by atoms with Crippen molar-refractivity contribution in [1.82, 2.24) is 4.90 Å². The van der Waals surface area contributed by atoms with Crippen molar-refractivity contribution < 1.29 is 0 Å². The molecule has 0 aromatic heterocycles. The normalized spacial score (nSPS) is 20.4. The van der Waals surface area contributed by atoms with Crippen LogP contribution >= 0.6 is 15.9 Å². The van der Waals surface area contributed by atoms with Gasteiger partial charge in [-0.05, 0) is 57.0 Å². The lowest BCUT2D eigenvalue weighted by atomic mass is 9.91. The van der Waals surface area contributed by atoms with Crippen molar-refractivity contribution in [2.24, 2.45) is 5.73 Å². The topological polar surface area (TPSA) is 29.3 Å². The summed E-state index contributed by atoms with van der Waals surface area (Å²) in [6.07, 6.45) is 3.37. The molecule has 1 aromatic carbocycles. The third kappa shape index (κ3) is 4.09. The number of benzene rings is 1. The Kier molecular flexibility index (Phi) is 4.23. The predicted octanol–water partition coefficient (Wildman–Crippen LogP) is 2.80. The van der Waals surface area contributed by atoms with Gasteiger partial charge in [-0.2, -0.15) is 0 Å². The molecule has 3 heteroatoms. The first kappa shape index (κ1) is 13.1. The van der Waals surface area contributed by atoms with E-state index in [0.29, 0.717) is 0 Å². The molecule has 0 unspecified atom stereocenters. The van der Waals surface area contributed by atoms with E-state index in [1.165, 1.54) is 5.56 Å². The van der Waals surface area contributed by atoms with Gasteiger partial charge >= 0.3 is 0 Å². The number of piperidine rings is 1. The molecule has 0 saturated carbocycles. The average Bonchev–Trinajstić information content (AvgIpc) is 2.30. The number of likely N-dealkylation sites (tertiary alicyclic amines) is 1. The molecule has 0 aliphatic carbocycles. The van der Waals surface area contributed by atoms with Gasteiger partial charge in [-0.3, -0.25) is 0 Å². The summed E-state index contributed by atoms with van der Waals surface area (Å²) in [6.45, 7) is 5.60. The lowest BCUT2D eigenvalue weighted by molar-refractivity contribution is 0.173. The zero-order chi connectivity index (χ0) is 12.3. The van der Waals surface area contributed by atoms with Crippen LogP contribution in [0.1, 0.15) is 25.3 Å². The van der Waals surface area contributed by atoms with Crippen LogP contribution in [0.25, 0.3) is 0 Å². The van der Waals surface area contributed by atoms with Crippen molar-refractivity contribution in [2.45, 2.75) is 31.7 Å². The molecule has 0 bridgehead atoms. The van der Waals surface area contributed by atoms with E-state index in [1.807, 2.05) is 0 Å². The summed E-state index contributed by atoms with van der Waals surface area (Å²) in [4.78, 5) is 2.52. The molecule has 1 fully saturated rings. The van der Waals surface area contributed by atoms with E-state index in [0.717, 1.165) is 43.4 Å². The largest absolute Gasteiger partial charge is 0.325 e. The first-order valence-corrected chi connectivity index (χ1v) is 7.10. The van der Waals surface area contributed by atoms with Crippen molar-refractivity contribution in [3.63, 3.8) is 0 Å². The Bertz CT molecular complexity index is 349. The fourth-order valence-electron chi connectivity index (χ4n) is 2.23. The standard InChI is InChI=1S/C14H21BrN2/c1-14(16)7-10-17(11-8-14)9-6-12-2-4-13(15)5-3-12/h2-5H,6-11,16H2,1H3. The van der Waals surface area contributed by atoms with Gasteiger partial charge in [-0.25, -0.2) is 0 Å². The molecule has 0 amide bonds. The third-order valence-electron chi connectivity index (χ3n) is 3.63. The molecule has 0 radical (unpaired) electrons. The zero-order valence-electron chi connectivity index (χ0n) is 10.5. The maximum atomic E-state index is 6.13. The van der Waals surface area contributed by atoms with Crippen LogP contribution in [0, 0.1) is 0 Å². The highest BCUT2D eigenvalue weighted by Gasteiger charge is 2.25. The molecule has 0 spiro atoms. The zero-order valence-corrected chi connectivity index (χ0v) is 12.0. The molecular formula is C14H21BrN2. The molecule has 2 nitrogen and oxygen atoms in total. The van der Waals surface area contributed by atoms with Crippen molar-refractivity contribution in [1.29, 1.82) is 0 Å². The van der Waals surface area contributed by atoms with E-state index in [9.17, 15) is 0 Å². The van der Waals surface area contributed by atoms with Crippen LogP contribution < -0.4 is 5.73 Å². The van der Waals surface area contributed by atoms with Crippen LogP contribution in [0.5, 0.6) is 0 Å². The summed E-state index contributed by atoms with van der Waals surface area (Å²) in [5.41, 5.74) is 7.61. The quantitative estimate of drug-likeness (QED) is 0.929. The Morgan fingerprint density at radius 3 is 2.41 bits per heavy atom. The number of rotatable bonds is 3. The second kappa shape index (κ2) is 5.51. The highest BCUT2D eigenvalue weighted by atomic mass is 79.9. The summed E-state index contributed by atoms with van der Waals surface area (Å²) < 4.78 is 1.15. The summed E-state index contributed by atoms with van der Waals surface area (Å²) in [7, 11) is 0. The van der Waals surface area contributed by atoms with E-state index in [1.54, 1.807) is 0 Å². The minimum atomic E-state index is 0.0636. The monoisotopic (exact) mass is 296 g/mol. The highest BCUT2D eigenvalue weighted by molar-refractivity contribution is 9.10.